The van der Waals surface area contributed by atoms with Gasteiger partial charge in [-0.3, -0.25) is 4.98 Å². The number of fused-ring (bicyclic) bond motifs is 1. The number of nitrogen functional groups attached to an aromatic ring is 1. The standard InChI is InChI=1S/C9H8N2O3S/c1-14-4-2-3-11-6-5(10)8(9(12)13)15-7(4)6/h2-3H,10H2,1H3,(H,12,13)/p-1. The third-order valence-electron chi connectivity index (χ3n) is 1.98. The maximum absolute atomic E-state index is 10.7. The topological polar surface area (TPSA) is 88.3 Å². The number of hydrogen-bond acceptors (Lipinski definition) is 6. The van der Waals surface area contributed by atoms with Gasteiger partial charge in [-0.25, -0.2) is 0 Å². The molecule has 0 aliphatic carbocycles. The highest BCUT2D eigenvalue weighted by atomic mass is 32.1. The lowest BCUT2D eigenvalue weighted by Crippen LogP contribution is -2.21. The number of pyridine rings is 1. The van der Waals surface area contributed by atoms with Crippen LogP contribution in [0.1, 0.15) is 9.67 Å². The van der Waals surface area contributed by atoms with E-state index in [0.717, 1.165) is 11.3 Å². The van der Waals surface area contributed by atoms with Crippen molar-refractivity contribution in [2.24, 2.45) is 0 Å². The third-order valence-corrected chi connectivity index (χ3v) is 3.17. The van der Waals surface area contributed by atoms with Gasteiger partial charge in [0.1, 0.15) is 11.3 Å². The van der Waals surface area contributed by atoms with Crippen LogP contribution in [0.15, 0.2) is 12.3 Å². The average Bonchev–Trinajstić information content (AvgIpc) is 2.56. The zero-order valence-electron chi connectivity index (χ0n) is 7.81. The molecule has 2 rings (SSSR count). The first-order valence-electron chi connectivity index (χ1n) is 4.07. The second-order valence-electron chi connectivity index (χ2n) is 2.82. The minimum Gasteiger partial charge on any atom is -0.544 e. The molecule has 5 nitrogen and oxygen atoms in total. The van der Waals surface area contributed by atoms with Crippen LogP contribution in [-0.2, 0) is 0 Å². The van der Waals surface area contributed by atoms with E-state index in [9.17, 15) is 9.90 Å². The lowest BCUT2D eigenvalue weighted by atomic mass is 10.3. The quantitative estimate of drug-likeness (QED) is 0.788. The largest absolute Gasteiger partial charge is 0.544 e. The molecule has 0 spiro atoms. The number of carboxylic acids is 1. The lowest BCUT2D eigenvalue weighted by molar-refractivity contribution is -0.254. The van der Waals surface area contributed by atoms with Crippen molar-refractivity contribution < 1.29 is 14.6 Å². The molecule has 0 amide bonds. The molecule has 0 bridgehead atoms. The van der Waals surface area contributed by atoms with E-state index in [1.807, 2.05) is 0 Å². The molecule has 0 aliphatic rings. The zero-order valence-corrected chi connectivity index (χ0v) is 8.63. The zero-order chi connectivity index (χ0) is 11.0. The molecule has 2 N–H and O–H groups in total. The van der Waals surface area contributed by atoms with Gasteiger partial charge in [-0.15, -0.1) is 11.3 Å². The molecule has 0 saturated carbocycles. The first kappa shape index (κ1) is 9.72. The van der Waals surface area contributed by atoms with E-state index in [0.29, 0.717) is 16.0 Å². The maximum Gasteiger partial charge on any atom is 0.139 e. The Kier molecular flexibility index (Phi) is 2.20. The number of carbonyl (C=O) groups is 1. The highest BCUT2D eigenvalue weighted by Gasteiger charge is 2.14. The Morgan fingerprint density at radius 3 is 3.00 bits per heavy atom. The van der Waals surface area contributed by atoms with E-state index in [2.05, 4.69) is 4.98 Å². The van der Waals surface area contributed by atoms with Crippen LogP contribution in [-0.4, -0.2) is 18.1 Å². The van der Waals surface area contributed by atoms with Crippen LogP contribution in [0.5, 0.6) is 5.75 Å². The average molecular weight is 223 g/mol. The summed E-state index contributed by atoms with van der Waals surface area (Å²) in [6, 6.07) is 1.65. The van der Waals surface area contributed by atoms with Gasteiger partial charge in [0.05, 0.1) is 28.3 Å². The Labute approximate surface area is 89.1 Å². The summed E-state index contributed by atoms with van der Waals surface area (Å²) in [7, 11) is 1.50. The number of nitrogens with two attached hydrogens (primary N) is 1. The van der Waals surface area contributed by atoms with Gasteiger partial charge in [-0.2, -0.15) is 0 Å². The number of anilines is 1. The summed E-state index contributed by atoms with van der Waals surface area (Å²) in [5, 5.41) is 10.7. The van der Waals surface area contributed by atoms with Crippen molar-refractivity contribution >= 4 is 33.2 Å². The van der Waals surface area contributed by atoms with Crippen molar-refractivity contribution in [1.29, 1.82) is 0 Å². The Morgan fingerprint density at radius 2 is 2.40 bits per heavy atom. The van der Waals surface area contributed by atoms with Crippen molar-refractivity contribution in [2.75, 3.05) is 12.8 Å². The smallest absolute Gasteiger partial charge is 0.139 e. The number of nitrogens with zero attached hydrogens (tertiary/aromatic N) is 1. The predicted molar refractivity (Wildman–Crippen MR) is 54.9 cm³/mol. The Bertz CT molecular complexity index is 535. The highest BCUT2D eigenvalue weighted by molar-refractivity contribution is 7.21. The summed E-state index contributed by atoms with van der Waals surface area (Å²) >= 11 is 1.01. The van der Waals surface area contributed by atoms with Crippen LogP contribution in [0.25, 0.3) is 10.2 Å². The molecule has 6 heteroatoms. The van der Waals surface area contributed by atoms with Crippen LogP contribution < -0.4 is 15.6 Å². The predicted octanol–water partition coefficient (Wildman–Crippen LogP) is 0.251. The summed E-state index contributed by atoms with van der Waals surface area (Å²) < 4.78 is 5.70. The second-order valence-corrected chi connectivity index (χ2v) is 3.84. The number of methoxy groups -OCH3 is 1. The fraction of sp³-hybridized carbons (Fsp3) is 0.111. The number of carbonyl (C=O) groups excluding carboxylic acids is 1. The molecule has 78 valence electrons. The monoisotopic (exact) mass is 223 g/mol. The lowest BCUT2D eigenvalue weighted by Gasteiger charge is -1.99. The molecule has 2 aromatic rings. The van der Waals surface area contributed by atoms with Gasteiger partial charge < -0.3 is 20.4 Å². The van der Waals surface area contributed by atoms with Gasteiger partial charge in [0.15, 0.2) is 0 Å². The van der Waals surface area contributed by atoms with Crippen LogP contribution in [0.2, 0.25) is 0 Å². The van der Waals surface area contributed by atoms with E-state index in [-0.39, 0.29) is 10.6 Å². The van der Waals surface area contributed by atoms with Crippen LogP contribution >= 0.6 is 11.3 Å². The van der Waals surface area contributed by atoms with Crippen molar-refractivity contribution in [3.63, 3.8) is 0 Å². The molecular weight excluding hydrogens is 216 g/mol. The third kappa shape index (κ3) is 1.39. The van der Waals surface area contributed by atoms with Gasteiger partial charge in [-0.1, -0.05) is 0 Å². The molecule has 0 saturated heterocycles. The summed E-state index contributed by atoms with van der Waals surface area (Å²) in [5.74, 6) is -0.734. The van der Waals surface area contributed by atoms with E-state index < -0.39 is 5.97 Å². The first-order valence-corrected chi connectivity index (χ1v) is 4.89. The highest BCUT2D eigenvalue weighted by Crippen LogP contribution is 2.37. The first-order chi connectivity index (χ1) is 7.15. The summed E-state index contributed by atoms with van der Waals surface area (Å²) in [6.07, 6.45) is 1.52. The number of rotatable bonds is 2. The SMILES string of the molecule is COc1ccnc2c(N)c(C(=O)[O-])sc12. The normalized spacial score (nSPS) is 10.5. The fourth-order valence-corrected chi connectivity index (χ4v) is 2.30. The van der Waals surface area contributed by atoms with E-state index >= 15 is 0 Å². The number of thiophene rings is 1. The number of hydrogen-bond donors (Lipinski definition) is 1. The van der Waals surface area contributed by atoms with Gasteiger partial charge in [0.25, 0.3) is 0 Å². The number of aromatic carboxylic acids is 1. The molecule has 0 radical (unpaired) electrons. The molecule has 0 aliphatic heterocycles. The van der Waals surface area contributed by atoms with Crippen LogP contribution in [0, 0.1) is 0 Å². The molecule has 0 unspecified atom stereocenters. The van der Waals surface area contributed by atoms with E-state index in [1.165, 1.54) is 13.3 Å². The van der Waals surface area contributed by atoms with Gasteiger partial charge >= 0.3 is 0 Å². The number of carboxylic acid groups (broad SMARTS) is 1. The van der Waals surface area contributed by atoms with Crippen LogP contribution in [0.3, 0.4) is 0 Å². The van der Waals surface area contributed by atoms with Crippen molar-refractivity contribution in [3.05, 3.63) is 17.1 Å². The summed E-state index contributed by atoms with van der Waals surface area (Å²) in [5.41, 5.74) is 6.21. The number of ether oxygens (including phenoxy) is 1. The molecule has 0 aromatic carbocycles. The Hall–Kier alpha value is -1.82. The molecule has 2 heterocycles. The van der Waals surface area contributed by atoms with E-state index in [4.69, 9.17) is 10.5 Å². The second kappa shape index (κ2) is 3.39. The van der Waals surface area contributed by atoms with Gasteiger partial charge in [0.2, 0.25) is 0 Å². The van der Waals surface area contributed by atoms with Crippen molar-refractivity contribution in [1.82, 2.24) is 4.98 Å². The molecule has 15 heavy (non-hydrogen) atoms. The molecule has 0 atom stereocenters. The molecule has 2 aromatic heterocycles. The fourth-order valence-electron chi connectivity index (χ4n) is 1.30. The molecule has 0 fully saturated rings. The summed E-state index contributed by atoms with van der Waals surface area (Å²) in [4.78, 5) is 14.7. The van der Waals surface area contributed by atoms with Gasteiger partial charge in [0, 0.05) is 6.20 Å². The van der Waals surface area contributed by atoms with E-state index in [1.54, 1.807) is 6.07 Å². The van der Waals surface area contributed by atoms with Crippen molar-refractivity contribution in [3.8, 4) is 5.75 Å². The van der Waals surface area contributed by atoms with Gasteiger partial charge in [-0.05, 0) is 6.07 Å². The molecular formula is C9H7N2O3S-. The maximum atomic E-state index is 10.7. The minimum absolute atomic E-state index is 0.0120. The number of aromatic nitrogens is 1. The Morgan fingerprint density at radius 1 is 1.67 bits per heavy atom. The summed E-state index contributed by atoms with van der Waals surface area (Å²) in [6.45, 7) is 0. The van der Waals surface area contributed by atoms with Crippen molar-refractivity contribution in [2.45, 2.75) is 0 Å². The minimum atomic E-state index is -1.29. The Balaban J connectivity index is 2.81. The van der Waals surface area contributed by atoms with Crippen LogP contribution in [0.4, 0.5) is 5.69 Å².